The smallest absolute Gasteiger partial charge is 0.237 e. The summed E-state index contributed by atoms with van der Waals surface area (Å²) in [5.74, 6) is 0.00399. The Kier molecular flexibility index (Phi) is 4.71. The van der Waals surface area contributed by atoms with E-state index in [0.717, 1.165) is 33.8 Å². The molecule has 3 aromatic rings. The Balaban J connectivity index is 1.51. The lowest BCUT2D eigenvalue weighted by molar-refractivity contribution is -0.115. The summed E-state index contributed by atoms with van der Waals surface area (Å²) in [6.45, 7) is 6.12. The molecule has 4 nitrogen and oxygen atoms in total. The molecular weight excluding hydrogens is 362 g/mol. The molecule has 134 valence electrons. The third-order valence-corrected chi connectivity index (χ3v) is 7.17. The molecule has 0 radical (unpaired) electrons. The topological polar surface area (TPSA) is 54.9 Å². The normalized spacial score (nSPS) is 14.4. The van der Waals surface area contributed by atoms with Crippen LogP contribution in [0.4, 0.5) is 5.69 Å². The Labute approximate surface area is 161 Å². The van der Waals surface area contributed by atoms with Gasteiger partial charge in [0.15, 0.2) is 0 Å². The van der Waals surface area contributed by atoms with Crippen LogP contribution in [0.25, 0.3) is 10.2 Å². The second kappa shape index (κ2) is 7.00. The van der Waals surface area contributed by atoms with Crippen molar-refractivity contribution in [3.05, 3.63) is 46.1 Å². The number of fused-ring (bicyclic) bond motifs is 2. The molecule has 0 unspecified atom stereocenters. The predicted molar refractivity (Wildman–Crippen MR) is 109 cm³/mol. The summed E-state index contributed by atoms with van der Waals surface area (Å²) < 4.78 is 0. The lowest BCUT2D eigenvalue weighted by Gasteiger charge is -2.13. The number of hydrogen-bond acceptors (Lipinski definition) is 5. The second-order valence-corrected chi connectivity index (χ2v) is 9.26. The zero-order valence-corrected chi connectivity index (χ0v) is 16.8. The van der Waals surface area contributed by atoms with Crippen molar-refractivity contribution in [2.24, 2.45) is 0 Å². The van der Waals surface area contributed by atoms with Gasteiger partial charge in [0.05, 0.1) is 5.25 Å². The fraction of sp³-hybridized carbons (Fsp3) is 0.350. The van der Waals surface area contributed by atoms with E-state index in [1.54, 1.807) is 17.7 Å². The molecule has 1 atom stereocenters. The molecular formula is C20H21N3OS2. The van der Waals surface area contributed by atoms with Gasteiger partial charge in [-0.3, -0.25) is 4.79 Å². The molecule has 0 saturated carbocycles. The van der Waals surface area contributed by atoms with E-state index in [1.807, 2.05) is 13.0 Å². The number of rotatable bonds is 4. The first-order valence-electron chi connectivity index (χ1n) is 8.83. The number of amides is 1. The van der Waals surface area contributed by atoms with Crippen molar-refractivity contribution >= 4 is 44.9 Å². The average Bonchev–Trinajstić information content (AvgIpc) is 3.19. The summed E-state index contributed by atoms with van der Waals surface area (Å²) in [5, 5.41) is 4.79. The molecule has 1 N–H and O–H groups in total. The van der Waals surface area contributed by atoms with Crippen molar-refractivity contribution in [1.29, 1.82) is 0 Å². The number of thioether (sulfide) groups is 1. The zero-order valence-electron chi connectivity index (χ0n) is 15.1. The quantitative estimate of drug-likeness (QED) is 0.513. The number of nitrogens with zero attached hydrogens (tertiary/aromatic N) is 2. The van der Waals surface area contributed by atoms with Crippen molar-refractivity contribution in [3.8, 4) is 0 Å². The minimum absolute atomic E-state index is 0.00399. The van der Waals surface area contributed by atoms with Crippen LogP contribution in [0, 0.1) is 13.8 Å². The molecule has 0 spiro atoms. The van der Waals surface area contributed by atoms with Crippen LogP contribution in [0.5, 0.6) is 0 Å². The molecule has 1 aliphatic rings. The molecule has 1 amide bonds. The predicted octanol–water partition coefficient (Wildman–Crippen LogP) is 4.92. The van der Waals surface area contributed by atoms with Gasteiger partial charge in [-0.1, -0.05) is 17.8 Å². The molecule has 1 aromatic carbocycles. The highest BCUT2D eigenvalue weighted by Crippen LogP contribution is 2.36. The Morgan fingerprint density at radius 1 is 1.23 bits per heavy atom. The van der Waals surface area contributed by atoms with Crippen LogP contribution in [-0.4, -0.2) is 21.1 Å². The van der Waals surface area contributed by atoms with Gasteiger partial charge in [-0.25, -0.2) is 9.97 Å². The first-order chi connectivity index (χ1) is 12.5. The highest BCUT2D eigenvalue weighted by Gasteiger charge is 2.20. The first kappa shape index (κ1) is 17.5. The van der Waals surface area contributed by atoms with Gasteiger partial charge >= 0.3 is 0 Å². The van der Waals surface area contributed by atoms with Gasteiger partial charge in [-0.2, -0.15) is 0 Å². The van der Waals surface area contributed by atoms with Gasteiger partial charge in [0, 0.05) is 16.0 Å². The molecule has 26 heavy (non-hydrogen) atoms. The summed E-state index contributed by atoms with van der Waals surface area (Å²) in [7, 11) is 0. The molecule has 0 saturated heterocycles. The molecule has 1 aliphatic carbocycles. The number of anilines is 1. The number of nitrogens with one attached hydrogen (secondary N) is 1. The van der Waals surface area contributed by atoms with Crippen LogP contribution < -0.4 is 5.32 Å². The highest BCUT2D eigenvalue weighted by atomic mass is 32.2. The van der Waals surface area contributed by atoms with Crippen LogP contribution in [-0.2, 0) is 17.6 Å². The third-order valence-electron chi connectivity index (χ3n) is 4.95. The summed E-state index contributed by atoms with van der Waals surface area (Å²) in [6.07, 6.45) is 5.06. The van der Waals surface area contributed by atoms with Crippen molar-refractivity contribution in [1.82, 2.24) is 9.97 Å². The number of aryl methyl sites for hydroxylation is 4. The average molecular weight is 384 g/mol. The molecule has 0 aliphatic heterocycles. The maximum atomic E-state index is 12.7. The van der Waals surface area contributed by atoms with E-state index in [2.05, 4.69) is 41.3 Å². The van der Waals surface area contributed by atoms with Gasteiger partial charge < -0.3 is 5.32 Å². The molecule has 0 fully saturated rings. The van der Waals surface area contributed by atoms with Crippen LogP contribution in [0.2, 0.25) is 0 Å². The van der Waals surface area contributed by atoms with Crippen molar-refractivity contribution in [2.45, 2.75) is 50.3 Å². The largest absolute Gasteiger partial charge is 0.325 e. The number of benzene rings is 1. The highest BCUT2D eigenvalue weighted by molar-refractivity contribution is 8.00. The van der Waals surface area contributed by atoms with E-state index < -0.39 is 0 Å². The van der Waals surface area contributed by atoms with E-state index in [1.165, 1.54) is 39.8 Å². The SMILES string of the molecule is Cc1sc2ncnc(S[C@@H](C)C(=O)Nc3ccc4c(c3)CCC4)c2c1C. The summed E-state index contributed by atoms with van der Waals surface area (Å²) in [5.41, 5.74) is 4.87. The van der Waals surface area contributed by atoms with Gasteiger partial charge in [0.2, 0.25) is 5.91 Å². The van der Waals surface area contributed by atoms with Gasteiger partial charge in [-0.15, -0.1) is 11.3 Å². The third kappa shape index (κ3) is 3.23. The van der Waals surface area contributed by atoms with Crippen LogP contribution >= 0.6 is 23.1 Å². The molecule has 2 aromatic heterocycles. The number of carbonyl (C=O) groups excluding carboxylic acids is 1. The van der Waals surface area contributed by atoms with Crippen LogP contribution in [0.15, 0.2) is 29.6 Å². The lowest BCUT2D eigenvalue weighted by Crippen LogP contribution is -2.22. The van der Waals surface area contributed by atoms with E-state index >= 15 is 0 Å². The maximum absolute atomic E-state index is 12.7. The monoisotopic (exact) mass is 383 g/mol. The van der Waals surface area contributed by atoms with Crippen LogP contribution in [0.3, 0.4) is 0 Å². The Hall–Kier alpha value is -1.92. The van der Waals surface area contributed by atoms with Crippen molar-refractivity contribution in [2.75, 3.05) is 5.32 Å². The van der Waals surface area contributed by atoms with Gasteiger partial charge in [0.1, 0.15) is 16.2 Å². The van der Waals surface area contributed by atoms with Crippen molar-refractivity contribution in [3.63, 3.8) is 0 Å². The standard InChI is InChI=1S/C20H21N3OS2/c1-11-12(2)25-19-17(11)20(22-10-21-19)26-13(3)18(24)23-16-8-7-14-5-4-6-15(14)9-16/h7-10,13H,4-6H2,1-3H3,(H,23,24)/t13-/m0/s1. The maximum Gasteiger partial charge on any atom is 0.237 e. The van der Waals surface area contributed by atoms with E-state index in [0.29, 0.717) is 0 Å². The summed E-state index contributed by atoms with van der Waals surface area (Å²) in [6, 6.07) is 6.27. The van der Waals surface area contributed by atoms with Crippen LogP contribution in [0.1, 0.15) is 34.9 Å². The minimum Gasteiger partial charge on any atom is -0.325 e. The van der Waals surface area contributed by atoms with Gasteiger partial charge in [-0.05, 0) is 68.9 Å². The number of carbonyl (C=O) groups is 1. The van der Waals surface area contributed by atoms with Crippen molar-refractivity contribution < 1.29 is 4.79 Å². The Bertz CT molecular complexity index is 996. The Morgan fingerprint density at radius 3 is 2.88 bits per heavy atom. The summed E-state index contributed by atoms with van der Waals surface area (Å²) >= 11 is 3.17. The fourth-order valence-electron chi connectivity index (χ4n) is 3.35. The van der Waals surface area contributed by atoms with Gasteiger partial charge in [0.25, 0.3) is 0 Å². The first-order valence-corrected chi connectivity index (χ1v) is 10.5. The van der Waals surface area contributed by atoms with E-state index in [9.17, 15) is 4.79 Å². The summed E-state index contributed by atoms with van der Waals surface area (Å²) in [4.78, 5) is 23.7. The molecule has 4 rings (SSSR count). The van der Waals surface area contributed by atoms with E-state index in [4.69, 9.17) is 0 Å². The number of aromatic nitrogens is 2. The molecule has 0 bridgehead atoms. The van der Waals surface area contributed by atoms with E-state index in [-0.39, 0.29) is 11.2 Å². The molecule has 2 heterocycles. The second-order valence-electron chi connectivity index (χ2n) is 6.73. The fourth-order valence-corrected chi connectivity index (χ4v) is 5.39. The molecule has 6 heteroatoms. The number of thiophene rings is 1. The lowest BCUT2D eigenvalue weighted by atomic mass is 10.1. The number of hydrogen-bond donors (Lipinski definition) is 1. The zero-order chi connectivity index (χ0) is 18.3. The minimum atomic E-state index is -0.235. The Morgan fingerprint density at radius 2 is 2.04 bits per heavy atom.